The number of aromatic nitrogens is 2. The third-order valence-corrected chi connectivity index (χ3v) is 5.65. The molecule has 28 heavy (non-hydrogen) atoms. The maximum Gasteiger partial charge on any atom is 0.238 e. The summed E-state index contributed by atoms with van der Waals surface area (Å²) in [4.78, 5) is 14.4. The van der Waals surface area contributed by atoms with Gasteiger partial charge in [-0.2, -0.15) is 5.10 Å². The molecule has 1 aliphatic rings. The van der Waals surface area contributed by atoms with Crippen LogP contribution in [-0.2, 0) is 11.8 Å². The van der Waals surface area contributed by atoms with Crippen molar-refractivity contribution in [1.29, 1.82) is 0 Å². The average Bonchev–Trinajstić information content (AvgIpc) is 2.97. The zero-order valence-electron chi connectivity index (χ0n) is 17.2. The van der Waals surface area contributed by atoms with Crippen molar-refractivity contribution < 1.29 is 14.6 Å². The molecule has 2 heterocycles. The van der Waals surface area contributed by atoms with Crippen molar-refractivity contribution in [3.05, 3.63) is 41.2 Å². The number of rotatable bonds is 6. The Hall–Kier alpha value is -2.38. The van der Waals surface area contributed by atoms with Crippen LogP contribution in [0.2, 0.25) is 0 Å². The zero-order chi connectivity index (χ0) is 20.3. The third-order valence-electron chi connectivity index (χ3n) is 5.65. The van der Waals surface area contributed by atoms with Crippen molar-refractivity contribution >= 4 is 11.6 Å². The van der Waals surface area contributed by atoms with E-state index in [1.165, 1.54) is 11.1 Å². The first-order valence-electron chi connectivity index (χ1n) is 9.69. The fourth-order valence-corrected chi connectivity index (χ4v) is 3.31. The molecule has 152 valence electrons. The number of likely N-dealkylation sites (tertiary alicyclic amines) is 1. The van der Waals surface area contributed by atoms with Gasteiger partial charge in [0.15, 0.2) is 0 Å². The molecule has 0 bridgehead atoms. The van der Waals surface area contributed by atoms with E-state index in [1.54, 1.807) is 10.9 Å². The lowest BCUT2D eigenvalue weighted by Gasteiger charge is -2.37. The van der Waals surface area contributed by atoms with E-state index in [1.807, 2.05) is 39.1 Å². The first kappa shape index (κ1) is 20.4. The second kappa shape index (κ2) is 8.32. The minimum absolute atomic E-state index is 0.0621. The molecule has 1 aromatic carbocycles. The molecule has 1 fully saturated rings. The van der Waals surface area contributed by atoms with Gasteiger partial charge in [0.05, 0.1) is 24.1 Å². The Labute approximate surface area is 166 Å². The molecule has 2 N–H and O–H groups in total. The molecule has 1 aliphatic heterocycles. The van der Waals surface area contributed by atoms with Gasteiger partial charge in [-0.15, -0.1) is 0 Å². The minimum Gasteiger partial charge on any atom is -0.491 e. The highest BCUT2D eigenvalue weighted by atomic mass is 16.5. The fraction of sp³-hybridized carbons (Fsp3) is 0.524. The van der Waals surface area contributed by atoms with Gasteiger partial charge in [0.2, 0.25) is 5.91 Å². The second-order valence-corrected chi connectivity index (χ2v) is 7.85. The number of nitrogens with one attached hydrogen (secondary N) is 1. The van der Waals surface area contributed by atoms with Gasteiger partial charge in [0.1, 0.15) is 18.0 Å². The molecule has 0 spiro atoms. The maximum absolute atomic E-state index is 12.3. The lowest BCUT2D eigenvalue weighted by molar-refractivity contribution is -0.119. The van der Waals surface area contributed by atoms with Gasteiger partial charge in [0, 0.05) is 20.1 Å². The first-order valence-corrected chi connectivity index (χ1v) is 9.69. The van der Waals surface area contributed by atoms with Crippen LogP contribution in [0.4, 0.5) is 5.69 Å². The number of amides is 1. The van der Waals surface area contributed by atoms with E-state index < -0.39 is 5.60 Å². The van der Waals surface area contributed by atoms with E-state index >= 15 is 0 Å². The van der Waals surface area contributed by atoms with Crippen LogP contribution in [0.3, 0.4) is 0 Å². The Morgan fingerprint density at radius 3 is 2.57 bits per heavy atom. The lowest BCUT2D eigenvalue weighted by Crippen LogP contribution is -2.49. The summed E-state index contributed by atoms with van der Waals surface area (Å²) in [5.74, 6) is 0.720. The molecule has 2 aromatic rings. The Bertz CT molecular complexity index is 838. The second-order valence-electron chi connectivity index (χ2n) is 7.85. The van der Waals surface area contributed by atoms with Crippen LogP contribution < -0.4 is 10.1 Å². The summed E-state index contributed by atoms with van der Waals surface area (Å²) in [7, 11) is 1.84. The summed E-state index contributed by atoms with van der Waals surface area (Å²) in [5, 5.41) is 17.9. The summed E-state index contributed by atoms with van der Waals surface area (Å²) in [6, 6.07) is 5.96. The highest BCUT2D eigenvalue weighted by molar-refractivity contribution is 5.92. The number of benzene rings is 1. The smallest absolute Gasteiger partial charge is 0.238 e. The molecule has 7 heteroatoms. The molecule has 0 atom stereocenters. The third kappa shape index (κ3) is 4.91. The van der Waals surface area contributed by atoms with Crippen molar-refractivity contribution in [3.8, 4) is 5.75 Å². The number of carbonyl (C=O) groups is 1. The van der Waals surface area contributed by atoms with Gasteiger partial charge in [-0.05, 0) is 56.9 Å². The molecule has 7 nitrogen and oxygen atoms in total. The van der Waals surface area contributed by atoms with E-state index in [9.17, 15) is 9.90 Å². The monoisotopic (exact) mass is 386 g/mol. The van der Waals surface area contributed by atoms with Crippen LogP contribution in [0.1, 0.15) is 29.7 Å². The van der Waals surface area contributed by atoms with E-state index in [0.717, 1.165) is 17.1 Å². The van der Waals surface area contributed by atoms with Crippen molar-refractivity contribution in [2.45, 2.75) is 39.2 Å². The van der Waals surface area contributed by atoms with Crippen LogP contribution in [-0.4, -0.2) is 57.5 Å². The van der Waals surface area contributed by atoms with Crippen molar-refractivity contribution in [2.24, 2.45) is 7.05 Å². The molecule has 1 amide bonds. The van der Waals surface area contributed by atoms with E-state index in [0.29, 0.717) is 32.5 Å². The topological polar surface area (TPSA) is 79.6 Å². The van der Waals surface area contributed by atoms with Crippen molar-refractivity contribution in [3.63, 3.8) is 0 Å². The number of hydrogen-bond donors (Lipinski definition) is 2. The summed E-state index contributed by atoms with van der Waals surface area (Å²) in [5.41, 5.74) is 3.20. The molecule has 0 aliphatic carbocycles. The van der Waals surface area contributed by atoms with Gasteiger partial charge < -0.3 is 15.2 Å². The zero-order valence-corrected chi connectivity index (χ0v) is 17.2. The molecule has 3 rings (SSSR count). The van der Waals surface area contributed by atoms with Crippen LogP contribution >= 0.6 is 0 Å². The molecule has 0 unspecified atom stereocenters. The van der Waals surface area contributed by atoms with Crippen molar-refractivity contribution in [2.75, 3.05) is 31.6 Å². The molecule has 0 radical (unpaired) electrons. The Kier molecular flexibility index (Phi) is 6.05. The van der Waals surface area contributed by atoms with Gasteiger partial charge in [-0.1, -0.05) is 6.07 Å². The number of nitrogens with zero attached hydrogens (tertiary/aromatic N) is 3. The number of anilines is 1. The molecule has 0 saturated carbocycles. The van der Waals surface area contributed by atoms with Gasteiger partial charge in [-0.25, -0.2) is 0 Å². The van der Waals surface area contributed by atoms with Crippen LogP contribution in [0.25, 0.3) is 0 Å². The number of carbonyl (C=O) groups excluding carboxylic acids is 1. The van der Waals surface area contributed by atoms with E-state index in [4.69, 9.17) is 4.74 Å². The Morgan fingerprint density at radius 1 is 1.25 bits per heavy atom. The molecule has 1 aromatic heterocycles. The highest BCUT2D eigenvalue weighted by Crippen LogP contribution is 2.25. The molecular formula is C21H30N4O3. The number of hydrogen-bond acceptors (Lipinski definition) is 5. The molecular weight excluding hydrogens is 356 g/mol. The normalized spacial score (nSPS) is 16.8. The number of aliphatic hydroxyl groups is 1. The summed E-state index contributed by atoms with van der Waals surface area (Å²) in [6.07, 6.45) is 2.82. The Morgan fingerprint density at radius 2 is 1.96 bits per heavy atom. The summed E-state index contributed by atoms with van der Waals surface area (Å²) >= 11 is 0. The van der Waals surface area contributed by atoms with Crippen LogP contribution in [0.15, 0.2) is 24.4 Å². The number of piperidine rings is 1. The fourth-order valence-electron chi connectivity index (χ4n) is 3.31. The van der Waals surface area contributed by atoms with E-state index in [-0.39, 0.29) is 12.5 Å². The quantitative estimate of drug-likeness (QED) is 0.796. The summed E-state index contributed by atoms with van der Waals surface area (Å²) in [6.45, 7) is 7.92. The Balaban J connectivity index is 1.45. The van der Waals surface area contributed by atoms with Gasteiger partial charge in [-0.3, -0.25) is 14.4 Å². The first-order chi connectivity index (χ1) is 13.3. The van der Waals surface area contributed by atoms with Crippen LogP contribution in [0.5, 0.6) is 5.75 Å². The van der Waals surface area contributed by atoms with E-state index in [2.05, 4.69) is 22.2 Å². The highest BCUT2D eigenvalue weighted by Gasteiger charge is 2.33. The van der Waals surface area contributed by atoms with Gasteiger partial charge in [0.25, 0.3) is 0 Å². The predicted molar refractivity (Wildman–Crippen MR) is 109 cm³/mol. The summed E-state index contributed by atoms with van der Waals surface area (Å²) < 4.78 is 7.57. The van der Waals surface area contributed by atoms with Crippen molar-refractivity contribution in [1.82, 2.24) is 14.7 Å². The lowest BCUT2D eigenvalue weighted by atomic mass is 9.92. The SMILES string of the molecule is Cc1ccc(OCC2(O)CCN(CC(=O)Nc3cnn(C)c3C)CC2)cc1C. The molecule has 1 saturated heterocycles. The standard InChI is InChI=1S/C21H30N4O3/c1-15-5-6-18(11-16(15)2)28-14-21(27)7-9-25(10-8-21)13-20(26)23-19-12-22-24(4)17(19)3/h5-6,11-12,27H,7-10,13-14H2,1-4H3,(H,23,26). The number of ether oxygens (including phenoxy) is 1. The van der Waals surface area contributed by atoms with Crippen LogP contribution in [0, 0.1) is 20.8 Å². The predicted octanol–water partition coefficient (Wildman–Crippen LogP) is 2.19. The average molecular weight is 386 g/mol. The van der Waals surface area contributed by atoms with Gasteiger partial charge >= 0.3 is 0 Å². The maximum atomic E-state index is 12.3. The largest absolute Gasteiger partial charge is 0.491 e. The minimum atomic E-state index is -0.855. The number of aryl methyl sites for hydroxylation is 3.